The number of nitrogens with one attached hydrogen (secondary N) is 1. The van der Waals surface area contributed by atoms with Crippen molar-refractivity contribution in [3.05, 3.63) is 108 Å². The Balaban J connectivity index is 1.27. The van der Waals surface area contributed by atoms with Gasteiger partial charge in [-0.1, -0.05) is 84.6 Å². The van der Waals surface area contributed by atoms with Crippen LogP contribution in [-0.2, 0) is 17.0 Å². The molecule has 1 saturated heterocycles. The lowest BCUT2D eigenvalue weighted by Gasteiger charge is -2.20. The Hall–Kier alpha value is -3.68. The highest BCUT2D eigenvalue weighted by atomic mass is 32.2. The van der Waals surface area contributed by atoms with E-state index in [2.05, 4.69) is 53.7 Å². The topological polar surface area (TPSA) is 67.4 Å². The van der Waals surface area contributed by atoms with Gasteiger partial charge in [0.2, 0.25) is 0 Å². The molecule has 1 N–H and O–H groups in total. The highest BCUT2D eigenvalue weighted by molar-refractivity contribution is 7.98. The van der Waals surface area contributed by atoms with E-state index in [4.69, 9.17) is 14.7 Å². The minimum absolute atomic E-state index is 0.0651. The summed E-state index contributed by atoms with van der Waals surface area (Å²) in [5.74, 6) is 1.52. The second-order valence-electron chi connectivity index (χ2n) is 9.43. The summed E-state index contributed by atoms with van der Waals surface area (Å²) in [6, 6.07) is 30.4. The largest absolute Gasteiger partial charge is 0.376 e. The van der Waals surface area contributed by atoms with E-state index in [1.165, 1.54) is 5.56 Å². The van der Waals surface area contributed by atoms with Crippen LogP contribution in [0.25, 0.3) is 11.3 Å². The van der Waals surface area contributed by atoms with Gasteiger partial charge in [0.25, 0.3) is 5.91 Å². The summed E-state index contributed by atoms with van der Waals surface area (Å²) in [5.41, 5.74) is 4.95. The fourth-order valence-electron chi connectivity index (χ4n) is 4.38. The zero-order valence-corrected chi connectivity index (χ0v) is 22.4. The van der Waals surface area contributed by atoms with Crippen LogP contribution in [0.1, 0.15) is 34.3 Å². The van der Waals surface area contributed by atoms with Gasteiger partial charge >= 0.3 is 0 Å². The van der Waals surface area contributed by atoms with Crippen LogP contribution >= 0.6 is 11.8 Å². The van der Waals surface area contributed by atoms with Crippen LogP contribution in [0, 0.1) is 0 Å². The fraction of sp³-hybridized carbons (Fsp3) is 0.258. The number of carbonyl (C=O) groups is 1. The molecular weight excluding hydrogens is 492 g/mol. The van der Waals surface area contributed by atoms with Crippen LogP contribution in [0.4, 0.5) is 5.82 Å². The number of thioether (sulfide) groups is 1. The third-order valence-corrected chi connectivity index (χ3v) is 7.43. The van der Waals surface area contributed by atoms with E-state index in [9.17, 15) is 4.79 Å². The molecule has 0 bridgehead atoms. The molecule has 1 aliphatic rings. The van der Waals surface area contributed by atoms with Gasteiger partial charge in [0.1, 0.15) is 5.82 Å². The van der Waals surface area contributed by atoms with Crippen molar-refractivity contribution in [3.8, 4) is 11.3 Å². The second kappa shape index (κ2) is 12.7. The lowest BCUT2D eigenvalue weighted by Crippen LogP contribution is -2.31. The average Bonchev–Trinajstić information content (AvgIpc) is 3.50. The minimum atomic E-state index is -0.0651. The lowest BCUT2D eigenvalue weighted by atomic mass is 10.1. The Morgan fingerprint density at radius 2 is 1.71 bits per heavy atom. The molecule has 2 heterocycles. The highest BCUT2D eigenvalue weighted by Gasteiger charge is 2.17. The van der Waals surface area contributed by atoms with Gasteiger partial charge in [-0.15, -0.1) is 0 Å². The van der Waals surface area contributed by atoms with Crippen LogP contribution in [-0.4, -0.2) is 42.2 Å². The van der Waals surface area contributed by atoms with Crippen LogP contribution in [0.15, 0.2) is 96.2 Å². The monoisotopic (exact) mass is 524 g/mol. The summed E-state index contributed by atoms with van der Waals surface area (Å²) < 4.78 is 5.59. The van der Waals surface area contributed by atoms with Gasteiger partial charge in [0.05, 0.1) is 11.8 Å². The van der Waals surface area contributed by atoms with Crippen LogP contribution in [0.2, 0.25) is 0 Å². The van der Waals surface area contributed by atoms with E-state index in [1.54, 1.807) is 11.8 Å². The first-order valence-corrected chi connectivity index (χ1v) is 13.9. The number of anilines is 1. The van der Waals surface area contributed by atoms with E-state index in [0.717, 1.165) is 53.8 Å². The van der Waals surface area contributed by atoms with Crippen molar-refractivity contribution in [2.45, 2.75) is 36.4 Å². The zero-order valence-electron chi connectivity index (χ0n) is 21.5. The van der Waals surface area contributed by atoms with Crippen molar-refractivity contribution in [2.75, 3.05) is 25.1 Å². The maximum atomic E-state index is 12.5. The predicted octanol–water partition coefficient (Wildman–Crippen LogP) is 5.98. The van der Waals surface area contributed by atoms with E-state index in [1.807, 2.05) is 54.6 Å². The van der Waals surface area contributed by atoms with Crippen molar-refractivity contribution < 1.29 is 9.53 Å². The predicted molar refractivity (Wildman–Crippen MR) is 153 cm³/mol. The number of aromatic nitrogens is 2. The summed E-state index contributed by atoms with van der Waals surface area (Å²) in [4.78, 5) is 24.4. The van der Waals surface area contributed by atoms with Gasteiger partial charge in [-0.05, 0) is 36.1 Å². The molecule has 1 fully saturated rings. The molecule has 6 nitrogen and oxygen atoms in total. The molecule has 1 aromatic heterocycles. The van der Waals surface area contributed by atoms with Gasteiger partial charge in [-0.3, -0.25) is 4.79 Å². The number of ether oxygens (including phenoxy) is 1. The van der Waals surface area contributed by atoms with Gasteiger partial charge in [-0.2, -0.15) is 0 Å². The number of carbonyl (C=O) groups excluding carboxylic acids is 1. The Morgan fingerprint density at radius 1 is 0.974 bits per heavy atom. The van der Waals surface area contributed by atoms with Crippen molar-refractivity contribution in [3.63, 3.8) is 0 Å². The first kappa shape index (κ1) is 25.9. The van der Waals surface area contributed by atoms with E-state index in [-0.39, 0.29) is 12.0 Å². The summed E-state index contributed by atoms with van der Waals surface area (Å²) in [7, 11) is 2.06. The van der Waals surface area contributed by atoms with E-state index in [0.29, 0.717) is 17.9 Å². The highest BCUT2D eigenvalue weighted by Crippen LogP contribution is 2.28. The smallest absolute Gasteiger partial charge is 0.251 e. The average molecular weight is 525 g/mol. The van der Waals surface area contributed by atoms with Gasteiger partial charge < -0.3 is 15.0 Å². The third kappa shape index (κ3) is 7.00. The molecule has 0 spiro atoms. The van der Waals surface area contributed by atoms with Gasteiger partial charge in [0.15, 0.2) is 5.16 Å². The number of rotatable bonds is 10. The molecular formula is C31H32N4O2S. The number of hydrogen-bond acceptors (Lipinski definition) is 6. The van der Waals surface area contributed by atoms with Gasteiger partial charge in [-0.25, -0.2) is 9.97 Å². The van der Waals surface area contributed by atoms with E-state index < -0.39 is 0 Å². The maximum Gasteiger partial charge on any atom is 0.251 e. The Bertz CT molecular complexity index is 1330. The van der Waals surface area contributed by atoms with Crippen molar-refractivity contribution in [2.24, 2.45) is 0 Å². The molecule has 0 aliphatic carbocycles. The van der Waals surface area contributed by atoms with Crippen molar-refractivity contribution in [1.29, 1.82) is 0 Å². The molecule has 1 unspecified atom stereocenters. The minimum Gasteiger partial charge on any atom is -0.376 e. The SMILES string of the molecule is CN(Cc1ccccc1)c1cc(-c2ccccc2)nc(SCc2ccc(C(=O)NCC3CCCO3)cc2)n1. The Kier molecular flexibility index (Phi) is 8.68. The molecule has 1 aliphatic heterocycles. The Morgan fingerprint density at radius 3 is 2.42 bits per heavy atom. The zero-order chi connectivity index (χ0) is 26.2. The molecule has 7 heteroatoms. The summed E-state index contributed by atoms with van der Waals surface area (Å²) in [6.45, 7) is 2.11. The quantitative estimate of drug-likeness (QED) is 0.203. The number of amides is 1. The molecule has 5 rings (SSSR count). The standard InChI is InChI=1S/C31H32N4O2S/c1-35(21-23-9-4-2-5-10-23)29-19-28(25-11-6-3-7-12-25)33-31(34-29)38-22-24-14-16-26(17-15-24)30(36)32-20-27-13-8-18-37-27/h2-7,9-12,14-17,19,27H,8,13,18,20-22H2,1H3,(H,32,36). The van der Waals surface area contributed by atoms with E-state index >= 15 is 0 Å². The van der Waals surface area contributed by atoms with Crippen LogP contribution in [0.3, 0.4) is 0 Å². The van der Waals surface area contributed by atoms with Gasteiger partial charge in [0, 0.05) is 49.7 Å². The summed E-state index contributed by atoms with van der Waals surface area (Å²) in [6.07, 6.45) is 2.21. The number of benzene rings is 3. The third-order valence-electron chi connectivity index (χ3n) is 6.51. The van der Waals surface area contributed by atoms with Crippen LogP contribution in [0.5, 0.6) is 0 Å². The Labute approximate surface area is 228 Å². The molecule has 1 atom stereocenters. The molecule has 0 radical (unpaired) electrons. The lowest BCUT2D eigenvalue weighted by molar-refractivity contribution is 0.0858. The van der Waals surface area contributed by atoms with Crippen LogP contribution < -0.4 is 10.2 Å². The molecule has 194 valence electrons. The molecule has 1 amide bonds. The van der Waals surface area contributed by atoms with Crippen molar-refractivity contribution in [1.82, 2.24) is 15.3 Å². The first-order chi connectivity index (χ1) is 18.6. The number of nitrogens with zero attached hydrogens (tertiary/aromatic N) is 3. The normalized spacial score (nSPS) is 14.8. The molecule has 0 saturated carbocycles. The molecule has 4 aromatic rings. The first-order valence-electron chi connectivity index (χ1n) is 13.0. The fourth-order valence-corrected chi connectivity index (χ4v) is 5.19. The molecule has 3 aromatic carbocycles. The molecule has 38 heavy (non-hydrogen) atoms. The second-order valence-corrected chi connectivity index (χ2v) is 10.4. The maximum absolute atomic E-state index is 12.5. The number of hydrogen-bond donors (Lipinski definition) is 1. The summed E-state index contributed by atoms with van der Waals surface area (Å²) >= 11 is 1.60. The van der Waals surface area contributed by atoms with Crippen molar-refractivity contribution >= 4 is 23.5 Å². The summed E-state index contributed by atoms with van der Waals surface area (Å²) in [5, 5.41) is 3.70.